The first-order valence-electron chi connectivity index (χ1n) is 5.96. The predicted molar refractivity (Wildman–Crippen MR) is 77.7 cm³/mol. The average Bonchev–Trinajstić information content (AvgIpc) is 2.57. The number of thioether (sulfide) groups is 1. The van der Waals surface area contributed by atoms with Crippen LogP contribution in [0.25, 0.3) is 0 Å². The van der Waals surface area contributed by atoms with Gasteiger partial charge >= 0.3 is 0 Å². The van der Waals surface area contributed by atoms with Crippen LogP contribution in [0.4, 0.5) is 11.5 Å². The third kappa shape index (κ3) is 4.00. The van der Waals surface area contributed by atoms with Gasteiger partial charge in [-0.05, 0) is 13.3 Å². The summed E-state index contributed by atoms with van der Waals surface area (Å²) in [5.41, 5.74) is 7.68. The lowest BCUT2D eigenvalue weighted by molar-refractivity contribution is 0.603. The predicted octanol–water partition coefficient (Wildman–Crippen LogP) is 2.51. The summed E-state index contributed by atoms with van der Waals surface area (Å²) >= 11 is 1.85. The van der Waals surface area contributed by atoms with E-state index in [2.05, 4.69) is 23.9 Å². The van der Waals surface area contributed by atoms with Gasteiger partial charge in [0.1, 0.15) is 5.82 Å². The van der Waals surface area contributed by atoms with E-state index in [1.165, 1.54) is 0 Å². The highest BCUT2D eigenvalue weighted by Crippen LogP contribution is 2.22. The molecule has 0 unspecified atom stereocenters. The largest absolute Gasteiger partial charge is 0.394 e. The van der Waals surface area contributed by atoms with Crippen molar-refractivity contribution >= 4 is 23.3 Å². The minimum absolute atomic E-state index is 0.771. The number of aryl methyl sites for hydroxylation is 2. The first-order valence-corrected chi connectivity index (χ1v) is 7.11. The van der Waals surface area contributed by atoms with Gasteiger partial charge in [0.05, 0.1) is 11.4 Å². The van der Waals surface area contributed by atoms with E-state index in [1.807, 2.05) is 29.4 Å². The molecule has 0 aliphatic heterocycles. The number of hydrogen-bond donors (Lipinski definition) is 2. The summed E-state index contributed by atoms with van der Waals surface area (Å²) < 4.78 is 1.96. The maximum atomic E-state index is 6.01. The van der Waals surface area contributed by atoms with Gasteiger partial charge in [-0.1, -0.05) is 13.0 Å². The summed E-state index contributed by atoms with van der Waals surface area (Å²) in [6.07, 6.45) is 2.98. The van der Waals surface area contributed by atoms with Crippen molar-refractivity contribution in [3.63, 3.8) is 0 Å². The second-order valence-corrected chi connectivity index (χ2v) is 5.01. The molecule has 0 radical (unpaired) electrons. The van der Waals surface area contributed by atoms with Crippen LogP contribution in [0.3, 0.4) is 0 Å². The zero-order valence-corrected chi connectivity index (χ0v) is 11.5. The Kier molecular flexibility index (Phi) is 5.97. The molecule has 0 spiro atoms. The van der Waals surface area contributed by atoms with Gasteiger partial charge in [0.25, 0.3) is 0 Å². The molecule has 0 aliphatic carbocycles. The molecule has 3 N–H and O–H groups in total. The van der Waals surface area contributed by atoms with Gasteiger partial charge < -0.3 is 11.1 Å². The molecule has 0 bridgehead atoms. The van der Waals surface area contributed by atoms with Crippen LogP contribution in [-0.2, 0) is 6.54 Å². The van der Waals surface area contributed by atoms with Crippen LogP contribution in [0.2, 0.25) is 0 Å². The summed E-state index contributed by atoms with van der Waals surface area (Å²) in [6.45, 7) is 9.58. The maximum absolute atomic E-state index is 6.01. The smallest absolute Gasteiger partial charge is 0.148 e. The molecular weight excluding hydrogens is 232 g/mol. The monoisotopic (exact) mass is 254 g/mol. The standard InChI is InChI=1S/C12H22N4S/c1-4-7-16-12(11(13)10(3)15-16)14-6-9-17-8-5-2/h5,14H,2,4,6-9,13H2,1,3H3. The van der Waals surface area contributed by atoms with Gasteiger partial charge in [0.2, 0.25) is 0 Å². The molecule has 0 atom stereocenters. The molecule has 0 fully saturated rings. The van der Waals surface area contributed by atoms with Crippen molar-refractivity contribution in [2.45, 2.75) is 26.8 Å². The number of aromatic nitrogens is 2. The van der Waals surface area contributed by atoms with Gasteiger partial charge in [0, 0.05) is 24.6 Å². The zero-order valence-electron chi connectivity index (χ0n) is 10.7. The Balaban J connectivity index is 2.53. The number of nitrogen functional groups attached to an aromatic ring is 1. The number of anilines is 2. The van der Waals surface area contributed by atoms with Gasteiger partial charge in [-0.2, -0.15) is 16.9 Å². The van der Waals surface area contributed by atoms with E-state index in [9.17, 15) is 0 Å². The molecular formula is C12H22N4S. The van der Waals surface area contributed by atoms with Crippen LogP contribution in [-0.4, -0.2) is 27.8 Å². The Morgan fingerprint density at radius 2 is 2.35 bits per heavy atom. The summed E-state index contributed by atoms with van der Waals surface area (Å²) in [4.78, 5) is 0. The molecule has 1 aromatic heterocycles. The Labute approximate surface area is 108 Å². The quantitative estimate of drug-likeness (QED) is 0.553. The van der Waals surface area contributed by atoms with E-state index in [0.29, 0.717) is 0 Å². The third-order valence-corrected chi connectivity index (χ3v) is 3.35. The molecule has 1 rings (SSSR count). The zero-order chi connectivity index (χ0) is 12.7. The van der Waals surface area contributed by atoms with E-state index in [4.69, 9.17) is 5.73 Å². The normalized spacial score (nSPS) is 10.5. The fourth-order valence-electron chi connectivity index (χ4n) is 1.56. The molecule has 5 heteroatoms. The average molecular weight is 254 g/mol. The number of nitrogens with one attached hydrogen (secondary N) is 1. The lowest BCUT2D eigenvalue weighted by Crippen LogP contribution is -2.11. The SMILES string of the molecule is C=CCSCCNc1c(N)c(C)nn1CCC. The number of rotatable bonds is 8. The number of nitrogens with two attached hydrogens (primary N) is 1. The summed E-state index contributed by atoms with van der Waals surface area (Å²) in [5, 5.41) is 7.79. The van der Waals surface area contributed by atoms with Crippen LogP contribution < -0.4 is 11.1 Å². The lowest BCUT2D eigenvalue weighted by Gasteiger charge is -2.09. The van der Waals surface area contributed by atoms with Crippen molar-refractivity contribution in [3.05, 3.63) is 18.3 Å². The van der Waals surface area contributed by atoms with Crippen molar-refractivity contribution < 1.29 is 0 Å². The molecule has 17 heavy (non-hydrogen) atoms. The third-order valence-electron chi connectivity index (χ3n) is 2.38. The molecule has 0 saturated heterocycles. The van der Waals surface area contributed by atoms with E-state index in [-0.39, 0.29) is 0 Å². The molecule has 1 aromatic rings. The van der Waals surface area contributed by atoms with Gasteiger partial charge in [0.15, 0.2) is 0 Å². The van der Waals surface area contributed by atoms with E-state index >= 15 is 0 Å². The Bertz CT molecular complexity index is 360. The first-order chi connectivity index (χ1) is 8.20. The molecule has 4 nitrogen and oxygen atoms in total. The van der Waals surface area contributed by atoms with Crippen LogP contribution in [0.1, 0.15) is 19.0 Å². The first kappa shape index (κ1) is 14.0. The van der Waals surface area contributed by atoms with Crippen LogP contribution in [0.15, 0.2) is 12.7 Å². The Morgan fingerprint density at radius 3 is 3.00 bits per heavy atom. The van der Waals surface area contributed by atoms with Gasteiger partial charge in [-0.25, -0.2) is 4.68 Å². The topological polar surface area (TPSA) is 55.9 Å². The molecule has 0 aliphatic rings. The van der Waals surface area contributed by atoms with Gasteiger partial charge in [-0.15, -0.1) is 6.58 Å². The summed E-state index contributed by atoms with van der Waals surface area (Å²) in [5.74, 6) is 3.00. The minimum atomic E-state index is 0.771. The lowest BCUT2D eigenvalue weighted by atomic mass is 10.4. The van der Waals surface area contributed by atoms with Crippen molar-refractivity contribution in [1.29, 1.82) is 0 Å². The molecule has 0 saturated carbocycles. The second kappa shape index (κ2) is 7.27. The Morgan fingerprint density at radius 1 is 1.59 bits per heavy atom. The fourth-order valence-corrected chi connectivity index (χ4v) is 2.14. The highest BCUT2D eigenvalue weighted by molar-refractivity contribution is 7.99. The Hall–Kier alpha value is -1.10. The second-order valence-electron chi connectivity index (χ2n) is 3.86. The van der Waals surface area contributed by atoms with Crippen LogP contribution >= 0.6 is 11.8 Å². The van der Waals surface area contributed by atoms with Crippen LogP contribution in [0.5, 0.6) is 0 Å². The van der Waals surface area contributed by atoms with E-state index in [1.54, 1.807) is 0 Å². The van der Waals surface area contributed by atoms with Crippen molar-refractivity contribution in [1.82, 2.24) is 9.78 Å². The van der Waals surface area contributed by atoms with Crippen molar-refractivity contribution in [3.8, 4) is 0 Å². The molecule has 1 heterocycles. The minimum Gasteiger partial charge on any atom is -0.394 e. The maximum Gasteiger partial charge on any atom is 0.148 e. The van der Waals surface area contributed by atoms with Crippen LogP contribution in [0, 0.1) is 6.92 Å². The van der Waals surface area contributed by atoms with Crippen molar-refractivity contribution in [2.75, 3.05) is 29.1 Å². The molecule has 96 valence electrons. The highest BCUT2D eigenvalue weighted by Gasteiger charge is 2.10. The summed E-state index contributed by atoms with van der Waals surface area (Å²) in [7, 11) is 0. The number of hydrogen-bond acceptors (Lipinski definition) is 4. The van der Waals surface area contributed by atoms with E-state index < -0.39 is 0 Å². The van der Waals surface area contributed by atoms with E-state index in [0.717, 1.165) is 48.2 Å². The fraction of sp³-hybridized carbons (Fsp3) is 0.583. The highest BCUT2D eigenvalue weighted by atomic mass is 32.2. The number of nitrogens with zero attached hydrogens (tertiary/aromatic N) is 2. The van der Waals surface area contributed by atoms with Crippen molar-refractivity contribution in [2.24, 2.45) is 0 Å². The summed E-state index contributed by atoms with van der Waals surface area (Å²) in [6, 6.07) is 0. The molecule has 0 aromatic carbocycles. The van der Waals surface area contributed by atoms with Gasteiger partial charge in [-0.3, -0.25) is 0 Å². The molecule has 0 amide bonds.